The number of hydrogen-bond acceptors (Lipinski definition) is 3. The van der Waals surface area contributed by atoms with E-state index in [9.17, 15) is 0 Å². The van der Waals surface area contributed by atoms with Crippen molar-refractivity contribution in [3.05, 3.63) is 24.3 Å². The largest absolute Gasteiger partial charge is 0.461 e. The molecular formula is C14H20ClN3O. The number of nitrogens with one attached hydrogen (secondary N) is 1. The summed E-state index contributed by atoms with van der Waals surface area (Å²) in [4.78, 5) is 4.60. The first kappa shape index (κ1) is 14.2. The van der Waals surface area contributed by atoms with Gasteiger partial charge in [0.25, 0.3) is 6.01 Å². The molecule has 19 heavy (non-hydrogen) atoms. The van der Waals surface area contributed by atoms with Crippen molar-refractivity contribution in [2.24, 2.45) is 0 Å². The third-order valence-corrected chi connectivity index (χ3v) is 3.49. The Kier molecular flexibility index (Phi) is 4.66. The number of piperidine rings is 1. The van der Waals surface area contributed by atoms with Crippen molar-refractivity contribution in [2.45, 2.75) is 32.4 Å². The molecule has 4 nitrogen and oxygen atoms in total. The first-order chi connectivity index (χ1) is 8.88. The van der Waals surface area contributed by atoms with Gasteiger partial charge in [0.1, 0.15) is 6.10 Å². The molecule has 104 valence electrons. The summed E-state index contributed by atoms with van der Waals surface area (Å²) in [6.07, 6.45) is 2.42. The standard InChI is InChI=1S/C14H19N3O.ClH/c1-2-17-13-6-4-3-5-12(13)16-14(17)18-11-7-9-15-10-8-11;/h3-6,11,15H,2,7-10H2,1H3;1H. The molecule has 1 aromatic heterocycles. The number of hydrogen-bond donors (Lipinski definition) is 1. The van der Waals surface area contributed by atoms with Gasteiger partial charge in [0.2, 0.25) is 0 Å². The molecule has 0 spiro atoms. The highest BCUT2D eigenvalue weighted by molar-refractivity contribution is 5.85. The maximum atomic E-state index is 6.07. The second-order valence-electron chi connectivity index (χ2n) is 4.69. The second kappa shape index (κ2) is 6.26. The Labute approximate surface area is 119 Å². The lowest BCUT2D eigenvalue weighted by Crippen LogP contribution is -2.34. The van der Waals surface area contributed by atoms with Gasteiger partial charge in [-0.25, -0.2) is 0 Å². The molecule has 1 aliphatic heterocycles. The van der Waals surface area contributed by atoms with Gasteiger partial charge in [0, 0.05) is 6.54 Å². The number of imidazole rings is 1. The van der Waals surface area contributed by atoms with Crippen LogP contribution in [-0.2, 0) is 6.54 Å². The summed E-state index contributed by atoms with van der Waals surface area (Å²) in [6, 6.07) is 8.97. The van der Waals surface area contributed by atoms with Crippen molar-refractivity contribution in [1.82, 2.24) is 14.9 Å². The molecule has 1 aliphatic rings. The lowest BCUT2D eigenvalue weighted by atomic mass is 10.1. The van der Waals surface area contributed by atoms with Crippen LogP contribution in [-0.4, -0.2) is 28.7 Å². The summed E-state index contributed by atoms with van der Waals surface area (Å²) in [5.74, 6) is 0. The molecule has 0 aliphatic carbocycles. The monoisotopic (exact) mass is 281 g/mol. The van der Waals surface area contributed by atoms with Crippen LogP contribution in [0.2, 0.25) is 0 Å². The van der Waals surface area contributed by atoms with Gasteiger partial charge in [-0.05, 0) is 45.0 Å². The van der Waals surface area contributed by atoms with Crippen LogP contribution < -0.4 is 10.1 Å². The smallest absolute Gasteiger partial charge is 0.297 e. The molecule has 0 amide bonds. The van der Waals surface area contributed by atoms with Gasteiger partial charge in [0.05, 0.1) is 11.0 Å². The fourth-order valence-corrected chi connectivity index (χ4v) is 2.51. The van der Waals surface area contributed by atoms with E-state index >= 15 is 0 Å². The third-order valence-electron chi connectivity index (χ3n) is 3.49. The molecule has 0 radical (unpaired) electrons. The van der Waals surface area contributed by atoms with E-state index in [-0.39, 0.29) is 12.4 Å². The topological polar surface area (TPSA) is 39.1 Å². The molecular weight excluding hydrogens is 262 g/mol. The Morgan fingerprint density at radius 1 is 1.32 bits per heavy atom. The lowest BCUT2D eigenvalue weighted by molar-refractivity contribution is 0.144. The van der Waals surface area contributed by atoms with E-state index in [1.807, 2.05) is 18.2 Å². The quantitative estimate of drug-likeness (QED) is 0.940. The molecule has 2 heterocycles. The lowest BCUT2D eigenvalue weighted by Gasteiger charge is -2.23. The van der Waals surface area contributed by atoms with Crippen LogP contribution in [0.15, 0.2) is 24.3 Å². The molecule has 1 fully saturated rings. The zero-order valence-electron chi connectivity index (χ0n) is 11.1. The van der Waals surface area contributed by atoms with Gasteiger partial charge in [0.15, 0.2) is 0 Å². The molecule has 1 saturated heterocycles. The van der Waals surface area contributed by atoms with E-state index in [4.69, 9.17) is 4.74 Å². The Balaban J connectivity index is 0.00000133. The fraction of sp³-hybridized carbons (Fsp3) is 0.500. The zero-order chi connectivity index (χ0) is 12.4. The maximum absolute atomic E-state index is 6.07. The minimum atomic E-state index is 0. The number of halogens is 1. The summed E-state index contributed by atoms with van der Waals surface area (Å²) >= 11 is 0. The predicted octanol–water partition coefficient (Wildman–Crippen LogP) is 2.61. The minimum absolute atomic E-state index is 0. The first-order valence-corrected chi connectivity index (χ1v) is 6.71. The molecule has 2 aromatic rings. The van der Waals surface area contributed by atoms with Crippen molar-refractivity contribution in [2.75, 3.05) is 13.1 Å². The van der Waals surface area contributed by atoms with E-state index < -0.39 is 0 Å². The van der Waals surface area contributed by atoms with E-state index in [0.29, 0.717) is 6.10 Å². The van der Waals surface area contributed by atoms with Crippen LogP contribution in [0.25, 0.3) is 11.0 Å². The van der Waals surface area contributed by atoms with Crippen LogP contribution in [0.1, 0.15) is 19.8 Å². The zero-order valence-corrected chi connectivity index (χ0v) is 11.9. The Morgan fingerprint density at radius 3 is 2.79 bits per heavy atom. The van der Waals surface area contributed by atoms with Crippen molar-refractivity contribution >= 4 is 23.4 Å². The Morgan fingerprint density at radius 2 is 2.05 bits per heavy atom. The summed E-state index contributed by atoms with van der Waals surface area (Å²) in [5, 5.41) is 3.35. The molecule has 0 atom stereocenters. The van der Waals surface area contributed by atoms with Gasteiger partial charge in [-0.2, -0.15) is 4.98 Å². The van der Waals surface area contributed by atoms with Crippen LogP contribution in [0.3, 0.4) is 0 Å². The number of aromatic nitrogens is 2. The second-order valence-corrected chi connectivity index (χ2v) is 4.69. The van der Waals surface area contributed by atoms with Crippen LogP contribution in [0.5, 0.6) is 6.01 Å². The van der Waals surface area contributed by atoms with Crippen molar-refractivity contribution in [1.29, 1.82) is 0 Å². The molecule has 1 aromatic carbocycles. The van der Waals surface area contributed by atoms with Crippen molar-refractivity contribution in [3.63, 3.8) is 0 Å². The van der Waals surface area contributed by atoms with Crippen LogP contribution in [0, 0.1) is 0 Å². The number of benzene rings is 1. The molecule has 5 heteroatoms. The molecule has 0 saturated carbocycles. The highest BCUT2D eigenvalue weighted by Crippen LogP contribution is 2.23. The number of rotatable bonds is 3. The predicted molar refractivity (Wildman–Crippen MR) is 79.2 cm³/mol. The number of fused-ring (bicyclic) bond motifs is 1. The van der Waals surface area contributed by atoms with Crippen LogP contribution in [0.4, 0.5) is 0 Å². The van der Waals surface area contributed by atoms with Crippen molar-refractivity contribution < 1.29 is 4.74 Å². The third kappa shape index (κ3) is 2.85. The SMILES string of the molecule is CCn1c(OC2CCNCC2)nc2ccccc21.Cl. The van der Waals surface area contributed by atoms with E-state index in [2.05, 4.69) is 27.9 Å². The fourth-order valence-electron chi connectivity index (χ4n) is 2.51. The molecule has 1 N–H and O–H groups in total. The number of para-hydroxylation sites is 2. The van der Waals surface area contributed by atoms with Gasteiger partial charge >= 0.3 is 0 Å². The number of ether oxygens (including phenoxy) is 1. The number of nitrogens with zero attached hydrogens (tertiary/aromatic N) is 2. The first-order valence-electron chi connectivity index (χ1n) is 6.71. The highest BCUT2D eigenvalue weighted by Gasteiger charge is 2.18. The number of aryl methyl sites for hydroxylation is 1. The van der Waals surface area contributed by atoms with E-state index in [1.165, 1.54) is 0 Å². The van der Waals surface area contributed by atoms with Gasteiger partial charge in [-0.15, -0.1) is 12.4 Å². The van der Waals surface area contributed by atoms with Gasteiger partial charge in [-0.1, -0.05) is 12.1 Å². The van der Waals surface area contributed by atoms with Gasteiger partial charge < -0.3 is 10.1 Å². The summed E-state index contributed by atoms with van der Waals surface area (Å²) in [6.45, 7) is 5.10. The normalized spacial score (nSPS) is 16.3. The van der Waals surface area contributed by atoms with E-state index in [1.54, 1.807) is 0 Å². The average Bonchev–Trinajstić information content (AvgIpc) is 2.77. The maximum Gasteiger partial charge on any atom is 0.297 e. The summed E-state index contributed by atoms with van der Waals surface area (Å²) in [5.41, 5.74) is 2.17. The Hall–Kier alpha value is -1.26. The van der Waals surface area contributed by atoms with Crippen molar-refractivity contribution in [3.8, 4) is 6.01 Å². The highest BCUT2D eigenvalue weighted by atomic mass is 35.5. The molecule has 0 bridgehead atoms. The molecule has 0 unspecified atom stereocenters. The minimum Gasteiger partial charge on any atom is -0.461 e. The summed E-state index contributed by atoms with van der Waals surface area (Å²) in [7, 11) is 0. The average molecular weight is 282 g/mol. The molecule has 3 rings (SSSR count). The van der Waals surface area contributed by atoms with E-state index in [0.717, 1.165) is 49.5 Å². The summed E-state index contributed by atoms with van der Waals surface area (Å²) < 4.78 is 8.22. The Bertz CT molecular complexity index is 534. The van der Waals surface area contributed by atoms with Gasteiger partial charge in [-0.3, -0.25) is 4.57 Å². The van der Waals surface area contributed by atoms with Crippen LogP contribution >= 0.6 is 12.4 Å².